The molecule has 3 rings (SSSR count). The number of hydrogen-bond donors (Lipinski definition) is 1. The SMILES string of the molecule is Cc1nc(CN2CCC(Nc3ccncn3)CC2)co1. The van der Waals surface area contributed by atoms with E-state index in [2.05, 4.69) is 25.2 Å². The smallest absolute Gasteiger partial charge is 0.191 e. The van der Waals surface area contributed by atoms with Crippen molar-refractivity contribution in [2.24, 2.45) is 0 Å². The van der Waals surface area contributed by atoms with Crippen LogP contribution in [-0.2, 0) is 6.54 Å². The lowest BCUT2D eigenvalue weighted by molar-refractivity contribution is 0.209. The molecule has 0 saturated carbocycles. The zero-order valence-electron chi connectivity index (χ0n) is 11.6. The maximum absolute atomic E-state index is 5.24. The summed E-state index contributed by atoms with van der Waals surface area (Å²) in [5, 5.41) is 3.46. The van der Waals surface area contributed by atoms with Crippen LogP contribution in [0.25, 0.3) is 0 Å². The van der Waals surface area contributed by atoms with Gasteiger partial charge in [0.15, 0.2) is 5.89 Å². The quantitative estimate of drug-likeness (QED) is 0.917. The van der Waals surface area contributed by atoms with Gasteiger partial charge < -0.3 is 9.73 Å². The van der Waals surface area contributed by atoms with Crippen molar-refractivity contribution in [3.8, 4) is 0 Å². The van der Waals surface area contributed by atoms with Crippen molar-refractivity contribution in [2.75, 3.05) is 18.4 Å². The summed E-state index contributed by atoms with van der Waals surface area (Å²) in [7, 11) is 0. The highest BCUT2D eigenvalue weighted by Crippen LogP contribution is 2.16. The van der Waals surface area contributed by atoms with Gasteiger partial charge in [-0.25, -0.2) is 15.0 Å². The minimum atomic E-state index is 0.486. The normalized spacial score (nSPS) is 17.2. The van der Waals surface area contributed by atoms with E-state index in [1.807, 2.05) is 13.0 Å². The predicted octanol–water partition coefficient (Wildman–Crippen LogP) is 1.85. The Morgan fingerprint density at radius 1 is 1.40 bits per heavy atom. The Morgan fingerprint density at radius 3 is 2.90 bits per heavy atom. The highest BCUT2D eigenvalue weighted by molar-refractivity contribution is 5.33. The number of likely N-dealkylation sites (tertiary alicyclic amines) is 1. The van der Waals surface area contributed by atoms with Crippen molar-refractivity contribution >= 4 is 5.82 Å². The molecule has 106 valence electrons. The molecule has 2 aromatic heterocycles. The molecule has 6 heteroatoms. The second-order valence-electron chi connectivity index (χ2n) is 5.15. The van der Waals surface area contributed by atoms with E-state index < -0.39 is 0 Å². The lowest BCUT2D eigenvalue weighted by atomic mass is 10.0. The van der Waals surface area contributed by atoms with Gasteiger partial charge in [0, 0.05) is 38.8 Å². The van der Waals surface area contributed by atoms with Gasteiger partial charge >= 0.3 is 0 Å². The third kappa shape index (κ3) is 3.33. The third-order valence-electron chi connectivity index (χ3n) is 3.57. The van der Waals surface area contributed by atoms with Crippen molar-refractivity contribution in [2.45, 2.75) is 32.4 Å². The van der Waals surface area contributed by atoms with Crippen LogP contribution >= 0.6 is 0 Å². The molecule has 1 aliphatic rings. The van der Waals surface area contributed by atoms with Crippen molar-refractivity contribution in [3.05, 3.63) is 36.4 Å². The first kappa shape index (κ1) is 13.1. The monoisotopic (exact) mass is 273 g/mol. The van der Waals surface area contributed by atoms with Crippen LogP contribution in [0.4, 0.5) is 5.82 Å². The van der Waals surface area contributed by atoms with Crippen LogP contribution in [0.2, 0.25) is 0 Å². The largest absolute Gasteiger partial charge is 0.449 e. The van der Waals surface area contributed by atoms with Gasteiger partial charge in [-0.2, -0.15) is 0 Å². The van der Waals surface area contributed by atoms with Crippen LogP contribution in [0.1, 0.15) is 24.4 Å². The Kier molecular flexibility index (Phi) is 3.92. The molecular formula is C14H19N5O. The molecule has 2 aromatic rings. The molecule has 0 spiro atoms. The maximum atomic E-state index is 5.24. The molecule has 0 radical (unpaired) electrons. The van der Waals surface area contributed by atoms with E-state index >= 15 is 0 Å². The zero-order chi connectivity index (χ0) is 13.8. The lowest BCUT2D eigenvalue weighted by Gasteiger charge is -2.31. The van der Waals surface area contributed by atoms with Crippen LogP contribution in [-0.4, -0.2) is 39.0 Å². The fourth-order valence-corrected chi connectivity index (χ4v) is 2.53. The summed E-state index contributed by atoms with van der Waals surface area (Å²) in [5.74, 6) is 1.64. The summed E-state index contributed by atoms with van der Waals surface area (Å²) >= 11 is 0. The molecule has 0 amide bonds. The van der Waals surface area contributed by atoms with E-state index in [0.717, 1.165) is 49.9 Å². The van der Waals surface area contributed by atoms with Crippen LogP contribution < -0.4 is 5.32 Å². The Labute approximate surface area is 118 Å². The number of nitrogens with one attached hydrogen (secondary N) is 1. The van der Waals surface area contributed by atoms with Crippen LogP contribution in [0.5, 0.6) is 0 Å². The van der Waals surface area contributed by atoms with Crippen molar-refractivity contribution < 1.29 is 4.42 Å². The summed E-state index contributed by atoms with van der Waals surface area (Å²) in [6, 6.07) is 2.39. The third-order valence-corrected chi connectivity index (χ3v) is 3.57. The van der Waals surface area contributed by atoms with Crippen LogP contribution in [0.3, 0.4) is 0 Å². The highest BCUT2D eigenvalue weighted by atomic mass is 16.3. The van der Waals surface area contributed by atoms with E-state index in [1.54, 1.807) is 18.8 Å². The minimum Gasteiger partial charge on any atom is -0.449 e. The Balaban J connectivity index is 1.47. The fourth-order valence-electron chi connectivity index (χ4n) is 2.53. The topological polar surface area (TPSA) is 67.1 Å². The maximum Gasteiger partial charge on any atom is 0.191 e. The van der Waals surface area contributed by atoms with Gasteiger partial charge in [-0.15, -0.1) is 0 Å². The molecule has 3 heterocycles. The fraction of sp³-hybridized carbons (Fsp3) is 0.500. The Morgan fingerprint density at radius 2 is 2.25 bits per heavy atom. The number of aromatic nitrogens is 3. The lowest BCUT2D eigenvalue weighted by Crippen LogP contribution is -2.38. The molecule has 0 aliphatic carbocycles. The van der Waals surface area contributed by atoms with Gasteiger partial charge in [-0.3, -0.25) is 4.90 Å². The molecule has 0 aromatic carbocycles. The van der Waals surface area contributed by atoms with Crippen LogP contribution in [0.15, 0.2) is 29.3 Å². The first-order chi connectivity index (χ1) is 9.79. The van der Waals surface area contributed by atoms with Crippen molar-refractivity contribution in [1.29, 1.82) is 0 Å². The number of piperidine rings is 1. The molecule has 0 bridgehead atoms. The van der Waals surface area contributed by atoms with Gasteiger partial charge in [0.05, 0.1) is 5.69 Å². The highest BCUT2D eigenvalue weighted by Gasteiger charge is 2.20. The van der Waals surface area contributed by atoms with E-state index in [9.17, 15) is 0 Å². The molecule has 0 atom stereocenters. The van der Waals surface area contributed by atoms with Gasteiger partial charge in [0.2, 0.25) is 0 Å². The number of anilines is 1. The number of oxazole rings is 1. The minimum absolute atomic E-state index is 0.486. The van der Waals surface area contributed by atoms with E-state index in [0.29, 0.717) is 6.04 Å². The summed E-state index contributed by atoms with van der Waals surface area (Å²) in [6.07, 6.45) is 7.31. The number of hydrogen-bond acceptors (Lipinski definition) is 6. The van der Waals surface area contributed by atoms with Crippen molar-refractivity contribution in [1.82, 2.24) is 19.9 Å². The molecular weight excluding hydrogens is 254 g/mol. The molecule has 6 nitrogen and oxygen atoms in total. The summed E-state index contributed by atoms with van der Waals surface area (Å²) in [4.78, 5) is 14.9. The summed E-state index contributed by atoms with van der Waals surface area (Å²) in [6.45, 7) is 4.88. The molecule has 20 heavy (non-hydrogen) atoms. The second kappa shape index (κ2) is 6.00. The first-order valence-corrected chi connectivity index (χ1v) is 6.95. The molecule has 1 saturated heterocycles. The van der Waals surface area contributed by atoms with E-state index in [-0.39, 0.29) is 0 Å². The van der Waals surface area contributed by atoms with E-state index in [1.165, 1.54) is 0 Å². The van der Waals surface area contributed by atoms with Gasteiger partial charge in [-0.05, 0) is 18.9 Å². The standard InChI is InChI=1S/C14H19N5O/c1-11-17-13(9-20-11)8-19-6-3-12(4-7-19)18-14-2-5-15-10-16-14/h2,5,9-10,12H,3-4,6-8H2,1H3,(H,15,16,18). The molecule has 0 unspecified atom stereocenters. The first-order valence-electron chi connectivity index (χ1n) is 6.95. The predicted molar refractivity (Wildman–Crippen MR) is 75.2 cm³/mol. The average molecular weight is 273 g/mol. The molecule has 1 fully saturated rings. The number of aryl methyl sites for hydroxylation is 1. The number of rotatable bonds is 4. The number of nitrogens with zero attached hydrogens (tertiary/aromatic N) is 4. The van der Waals surface area contributed by atoms with Gasteiger partial charge in [-0.1, -0.05) is 0 Å². The van der Waals surface area contributed by atoms with E-state index in [4.69, 9.17) is 4.42 Å². The summed E-state index contributed by atoms with van der Waals surface area (Å²) < 4.78 is 5.24. The van der Waals surface area contributed by atoms with Crippen molar-refractivity contribution in [3.63, 3.8) is 0 Å². The second-order valence-corrected chi connectivity index (χ2v) is 5.15. The Bertz CT molecular complexity index is 534. The van der Waals surface area contributed by atoms with Gasteiger partial charge in [0.1, 0.15) is 18.4 Å². The average Bonchev–Trinajstić information content (AvgIpc) is 2.88. The van der Waals surface area contributed by atoms with Gasteiger partial charge in [0.25, 0.3) is 0 Å². The van der Waals surface area contributed by atoms with Crippen LogP contribution in [0, 0.1) is 6.92 Å². The Hall–Kier alpha value is -1.95. The zero-order valence-corrected chi connectivity index (χ0v) is 11.6. The summed E-state index contributed by atoms with van der Waals surface area (Å²) in [5.41, 5.74) is 1.02. The molecule has 1 N–H and O–H groups in total. The molecule has 1 aliphatic heterocycles.